The Balaban J connectivity index is 0.00000140. The fraction of sp³-hybridized carbons (Fsp3) is 0.0909. The minimum absolute atomic E-state index is 0. The summed E-state index contributed by atoms with van der Waals surface area (Å²) < 4.78 is 0. The Labute approximate surface area is 177 Å². The molecule has 0 aliphatic carbocycles. The molecule has 0 atom stereocenters. The van der Waals surface area contributed by atoms with Gasteiger partial charge in [0, 0.05) is 23.8 Å². The van der Waals surface area contributed by atoms with Crippen LogP contribution in [0.25, 0.3) is 10.9 Å². The van der Waals surface area contributed by atoms with E-state index in [1.165, 1.54) is 5.56 Å². The van der Waals surface area contributed by atoms with Crippen molar-refractivity contribution in [2.45, 2.75) is 6.92 Å². The van der Waals surface area contributed by atoms with Gasteiger partial charge in [-0.25, -0.2) is 4.98 Å². The summed E-state index contributed by atoms with van der Waals surface area (Å²) in [5.41, 5.74) is 4.18. The van der Waals surface area contributed by atoms with Crippen LogP contribution in [0.3, 0.4) is 0 Å². The van der Waals surface area contributed by atoms with Gasteiger partial charge < -0.3 is 10.2 Å². The van der Waals surface area contributed by atoms with Crippen LogP contribution in [-0.4, -0.2) is 17.0 Å². The molecule has 0 amide bonds. The lowest BCUT2D eigenvalue weighted by atomic mass is 10.2. The first kappa shape index (κ1) is 21.5. The number of nitrogens with one attached hydrogen (secondary N) is 1. The van der Waals surface area contributed by atoms with E-state index in [9.17, 15) is 0 Å². The second kappa shape index (κ2) is 9.40. The Kier molecular flexibility index (Phi) is 7.21. The van der Waals surface area contributed by atoms with Gasteiger partial charge in [-0.05, 0) is 42.8 Å². The molecule has 6 heteroatoms. The van der Waals surface area contributed by atoms with Crippen molar-refractivity contribution in [3.63, 3.8) is 0 Å². The summed E-state index contributed by atoms with van der Waals surface area (Å²) in [5, 5.41) is 4.49. The van der Waals surface area contributed by atoms with Gasteiger partial charge in [-0.2, -0.15) is 4.98 Å². The number of para-hydroxylation sites is 3. The lowest BCUT2D eigenvalue weighted by Gasteiger charge is -2.19. The van der Waals surface area contributed by atoms with E-state index in [1.807, 2.05) is 78.7 Å². The van der Waals surface area contributed by atoms with Crippen LogP contribution in [-0.2, 0) is 0 Å². The number of aryl methyl sites for hydroxylation is 1. The number of fused-ring (bicyclic) bond motifs is 1. The number of benzene rings is 3. The molecule has 0 unspecified atom stereocenters. The number of hydrogen-bond donors (Lipinski definition) is 1. The maximum absolute atomic E-state index is 4.82. The van der Waals surface area contributed by atoms with Gasteiger partial charge in [0.25, 0.3) is 0 Å². The molecule has 4 nitrogen and oxygen atoms in total. The Bertz CT molecular complexity index is 1050. The van der Waals surface area contributed by atoms with Crippen LogP contribution in [0.4, 0.5) is 23.1 Å². The molecule has 28 heavy (non-hydrogen) atoms. The van der Waals surface area contributed by atoms with Gasteiger partial charge >= 0.3 is 0 Å². The molecule has 4 rings (SSSR count). The van der Waals surface area contributed by atoms with E-state index in [2.05, 4.69) is 24.4 Å². The van der Waals surface area contributed by atoms with Crippen molar-refractivity contribution in [1.29, 1.82) is 0 Å². The summed E-state index contributed by atoms with van der Waals surface area (Å²) >= 11 is 0. The molecule has 0 saturated heterocycles. The van der Waals surface area contributed by atoms with Gasteiger partial charge in [0.15, 0.2) is 0 Å². The quantitative estimate of drug-likeness (QED) is 0.427. The maximum atomic E-state index is 4.82. The van der Waals surface area contributed by atoms with Crippen molar-refractivity contribution >= 4 is 58.9 Å². The summed E-state index contributed by atoms with van der Waals surface area (Å²) in [6.45, 7) is 2.09. The van der Waals surface area contributed by atoms with E-state index in [0.717, 1.165) is 28.1 Å². The fourth-order valence-electron chi connectivity index (χ4n) is 2.92. The second-order valence-electron chi connectivity index (χ2n) is 6.22. The van der Waals surface area contributed by atoms with Crippen LogP contribution >= 0.6 is 24.8 Å². The molecule has 0 spiro atoms. The van der Waals surface area contributed by atoms with Crippen molar-refractivity contribution in [2.24, 2.45) is 0 Å². The van der Waals surface area contributed by atoms with Crippen LogP contribution in [0.15, 0.2) is 78.9 Å². The molecule has 0 radical (unpaired) electrons. The number of rotatable bonds is 4. The SMILES string of the molecule is Cc1ccccc1Nc1nc(N(C)c2ccccc2)nc2ccccc12.Cl.Cl. The highest BCUT2D eigenvalue weighted by Gasteiger charge is 2.12. The second-order valence-corrected chi connectivity index (χ2v) is 6.22. The predicted molar refractivity (Wildman–Crippen MR) is 123 cm³/mol. The molecular formula is C22H22Cl2N4. The molecule has 0 bridgehead atoms. The Morgan fingerprint density at radius 2 is 1.39 bits per heavy atom. The molecule has 4 aromatic rings. The van der Waals surface area contributed by atoms with E-state index >= 15 is 0 Å². The van der Waals surface area contributed by atoms with E-state index < -0.39 is 0 Å². The zero-order valence-corrected chi connectivity index (χ0v) is 17.3. The molecular weight excluding hydrogens is 391 g/mol. The maximum Gasteiger partial charge on any atom is 0.232 e. The third kappa shape index (κ3) is 4.35. The standard InChI is InChI=1S/C22H20N4.2ClH/c1-16-10-6-8-14-19(16)23-21-18-13-7-9-15-20(18)24-22(25-21)26(2)17-11-4-3-5-12-17;;/h3-15H,1-2H3,(H,23,24,25);2*1H. The molecule has 0 aliphatic heterocycles. The number of halogens is 2. The monoisotopic (exact) mass is 412 g/mol. The van der Waals surface area contributed by atoms with Crippen LogP contribution < -0.4 is 10.2 Å². The average Bonchev–Trinajstić information content (AvgIpc) is 2.69. The first-order valence-electron chi connectivity index (χ1n) is 8.60. The Morgan fingerprint density at radius 3 is 2.14 bits per heavy atom. The molecule has 1 aromatic heterocycles. The zero-order valence-electron chi connectivity index (χ0n) is 15.7. The first-order chi connectivity index (χ1) is 12.7. The van der Waals surface area contributed by atoms with Gasteiger partial charge in [-0.1, -0.05) is 48.5 Å². The third-order valence-corrected chi connectivity index (χ3v) is 4.43. The van der Waals surface area contributed by atoms with Gasteiger partial charge in [0.1, 0.15) is 5.82 Å². The predicted octanol–water partition coefficient (Wildman–Crippen LogP) is 6.29. The van der Waals surface area contributed by atoms with Crippen molar-refractivity contribution in [2.75, 3.05) is 17.3 Å². The highest BCUT2D eigenvalue weighted by molar-refractivity contribution is 5.92. The summed E-state index contributed by atoms with van der Waals surface area (Å²) in [7, 11) is 1.98. The normalized spacial score (nSPS) is 9.93. The number of nitrogens with zero attached hydrogens (tertiary/aromatic N) is 3. The minimum atomic E-state index is 0. The number of hydrogen-bond acceptors (Lipinski definition) is 4. The van der Waals surface area contributed by atoms with Gasteiger partial charge in [-0.15, -0.1) is 24.8 Å². The summed E-state index contributed by atoms with van der Waals surface area (Å²) in [4.78, 5) is 11.6. The van der Waals surface area contributed by atoms with Crippen LogP contribution in [0.2, 0.25) is 0 Å². The number of aromatic nitrogens is 2. The first-order valence-corrected chi connectivity index (χ1v) is 8.60. The van der Waals surface area contributed by atoms with Gasteiger partial charge in [0.05, 0.1) is 5.52 Å². The molecule has 0 aliphatic rings. The zero-order chi connectivity index (χ0) is 17.9. The largest absolute Gasteiger partial charge is 0.339 e. The molecule has 144 valence electrons. The van der Waals surface area contributed by atoms with Crippen LogP contribution in [0.5, 0.6) is 0 Å². The summed E-state index contributed by atoms with van der Waals surface area (Å²) in [6, 6.07) is 26.4. The number of anilines is 4. The highest BCUT2D eigenvalue weighted by Crippen LogP contribution is 2.29. The smallest absolute Gasteiger partial charge is 0.232 e. The third-order valence-electron chi connectivity index (χ3n) is 4.43. The highest BCUT2D eigenvalue weighted by atomic mass is 35.5. The van der Waals surface area contributed by atoms with Crippen molar-refractivity contribution in [3.8, 4) is 0 Å². The lowest BCUT2D eigenvalue weighted by Crippen LogP contribution is -2.14. The van der Waals surface area contributed by atoms with Gasteiger partial charge in [0.2, 0.25) is 5.95 Å². The van der Waals surface area contributed by atoms with Crippen LogP contribution in [0, 0.1) is 6.92 Å². The molecule has 1 N–H and O–H groups in total. The Morgan fingerprint density at radius 1 is 0.750 bits per heavy atom. The summed E-state index contributed by atoms with van der Waals surface area (Å²) in [5.74, 6) is 1.47. The van der Waals surface area contributed by atoms with E-state index in [4.69, 9.17) is 9.97 Å². The molecule has 3 aromatic carbocycles. The average molecular weight is 413 g/mol. The van der Waals surface area contributed by atoms with Gasteiger partial charge in [-0.3, -0.25) is 0 Å². The summed E-state index contributed by atoms with van der Waals surface area (Å²) in [6.07, 6.45) is 0. The molecule has 0 saturated carbocycles. The molecule has 1 heterocycles. The van der Waals surface area contributed by atoms with Crippen molar-refractivity contribution in [3.05, 3.63) is 84.4 Å². The van der Waals surface area contributed by atoms with Crippen molar-refractivity contribution in [1.82, 2.24) is 9.97 Å². The van der Waals surface area contributed by atoms with Crippen molar-refractivity contribution < 1.29 is 0 Å². The van der Waals surface area contributed by atoms with E-state index in [1.54, 1.807) is 0 Å². The molecule has 0 fully saturated rings. The van der Waals surface area contributed by atoms with Crippen LogP contribution in [0.1, 0.15) is 5.56 Å². The fourth-order valence-corrected chi connectivity index (χ4v) is 2.92. The topological polar surface area (TPSA) is 41.1 Å². The van der Waals surface area contributed by atoms with E-state index in [-0.39, 0.29) is 24.8 Å². The minimum Gasteiger partial charge on any atom is -0.339 e. The lowest BCUT2D eigenvalue weighted by molar-refractivity contribution is 1.07. The Hall–Kier alpha value is -2.82. The van der Waals surface area contributed by atoms with E-state index in [0.29, 0.717) is 5.95 Å².